The maximum absolute atomic E-state index is 12.5. The van der Waals surface area contributed by atoms with Crippen LogP contribution in [0.2, 0.25) is 0 Å². The van der Waals surface area contributed by atoms with E-state index in [9.17, 15) is 4.79 Å². The SMILES string of the molecule is CC(C)(C)OC(=O)N1CCC(n2ccc(-c3nc(CC4CCC4)nn3-c3ccnc4cccnc34)n2)CC1. The summed E-state index contributed by atoms with van der Waals surface area (Å²) < 4.78 is 9.43. The highest BCUT2D eigenvalue weighted by molar-refractivity contribution is 5.83. The molecule has 38 heavy (non-hydrogen) atoms. The summed E-state index contributed by atoms with van der Waals surface area (Å²) in [6, 6.07) is 7.99. The molecule has 0 bridgehead atoms. The molecule has 5 heterocycles. The second kappa shape index (κ2) is 9.81. The summed E-state index contributed by atoms with van der Waals surface area (Å²) in [7, 11) is 0. The van der Waals surface area contributed by atoms with Crippen molar-refractivity contribution >= 4 is 17.1 Å². The Balaban J connectivity index is 1.27. The molecule has 198 valence electrons. The first-order valence-electron chi connectivity index (χ1n) is 13.5. The monoisotopic (exact) mass is 514 g/mol. The van der Waals surface area contributed by atoms with Gasteiger partial charge in [0.05, 0.1) is 17.2 Å². The van der Waals surface area contributed by atoms with Crippen molar-refractivity contribution in [2.45, 2.75) is 70.9 Å². The highest BCUT2D eigenvalue weighted by Crippen LogP contribution is 2.31. The summed E-state index contributed by atoms with van der Waals surface area (Å²) in [5.41, 5.74) is 2.72. The predicted molar refractivity (Wildman–Crippen MR) is 143 cm³/mol. The van der Waals surface area contributed by atoms with E-state index in [1.165, 1.54) is 19.3 Å². The van der Waals surface area contributed by atoms with E-state index in [1.807, 2.05) is 60.6 Å². The molecule has 0 unspecified atom stereocenters. The number of hydrogen-bond acceptors (Lipinski definition) is 7. The average Bonchev–Trinajstić information content (AvgIpc) is 3.52. The smallest absolute Gasteiger partial charge is 0.410 e. The third-order valence-electron chi connectivity index (χ3n) is 7.38. The Labute approximate surface area is 222 Å². The Kier molecular flexibility index (Phi) is 6.33. The third-order valence-corrected chi connectivity index (χ3v) is 7.38. The molecule has 0 aromatic carbocycles. The van der Waals surface area contributed by atoms with Crippen LogP contribution in [0.1, 0.15) is 64.7 Å². The summed E-state index contributed by atoms with van der Waals surface area (Å²) in [5, 5.41) is 9.89. The number of carbonyl (C=O) groups excluding carboxylic acids is 1. The minimum atomic E-state index is -0.492. The average molecular weight is 515 g/mol. The van der Waals surface area contributed by atoms with E-state index < -0.39 is 5.60 Å². The van der Waals surface area contributed by atoms with Gasteiger partial charge in [0.1, 0.15) is 16.8 Å². The molecular weight excluding hydrogens is 480 g/mol. The fourth-order valence-corrected chi connectivity index (χ4v) is 5.17. The molecule has 10 heteroatoms. The van der Waals surface area contributed by atoms with Gasteiger partial charge in [0, 0.05) is 38.1 Å². The van der Waals surface area contributed by atoms with Gasteiger partial charge in [-0.3, -0.25) is 14.6 Å². The first-order chi connectivity index (χ1) is 18.3. The highest BCUT2D eigenvalue weighted by atomic mass is 16.6. The number of aromatic nitrogens is 7. The van der Waals surface area contributed by atoms with Crippen LogP contribution in [0.4, 0.5) is 4.79 Å². The van der Waals surface area contributed by atoms with Crippen molar-refractivity contribution in [3.8, 4) is 17.2 Å². The van der Waals surface area contributed by atoms with Gasteiger partial charge in [-0.2, -0.15) is 10.2 Å². The van der Waals surface area contributed by atoms with Crippen LogP contribution in [0, 0.1) is 5.92 Å². The lowest BCUT2D eigenvalue weighted by Gasteiger charge is -2.33. The Hall–Kier alpha value is -3.82. The Bertz CT molecular complexity index is 1440. The maximum Gasteiger partial charge on any atom is 0.410 e. The zero-order valence-corrected chi connectivity index (χ0v) is 22.2. The summed E-state index contributed by atoms with van der Waals surface area (Å²) >= 11 is 0. The van der Waals surface area contributed by atoms with E-state index in [-0.39, 0.29) is 12.1 Å². The van der Waals surface area contributed by atoms with Gasteiger partial charge >= 0.3 is 6.09 Å². The first-order valence-corrected chi connectivity index (χ1v) is 13.5. The van der Waals surface area contributed by atoms with E-state index in [4.69, 9.17) is 19.9 Å². The molecule has 2 fully saturated rings. The fourth-order valence-electron chi connectivity index (χ4n) is 5.17. The van der Waals surface area contributed by atoms with Crippen LogP contribution in [0.3, 0.4) is 0 Å². The molecule has 0 atom stereocenters. The van der Waals surface area contributed by atoms with E-state index >= 15 is 0 Å². The molecule has 4 aromatic rings. The maximum atomic E-state index is 12.5. The molecule has 0 N–H and O–H groups in total. The van der Waals surface area contributed by atoms with Crippen LogP contribution in [0.15, 0.2) is 42.9 Å². The Morgan fingerprint density at radius 2 is 1.84 bits per heavy atom. The lowest BCUT2D eigenvalue weighted by Crippen LogP contribution is -2.42. The number of rotatable bonds is 5. The molecule has 1 amide bonds. The highest BCUT2D eigenvalue weighted by Gasteiger charge is 2.29. The zero-order chi connectivity index (χ0) is 26.3. The molecule has 2 aliphatic rings. The number of carbonyl (C=O) groups is 1. The normalized spacial score (nSPS) is 17.1. The Morgan fingerprint density at radius 3 is 2.58 bits per heavy atom. The molecule has 0 spiro atoms. The standard InChI is InChI=1S/C28H34N8O2/c1-28(2,3)38-27(37)34-15-10-20(11-16-34)35-17-12-22(32-35)26-31-24(18-19-6-4-7-19)33-36(26)23-9-14-29-21-8-5-13-30-25(21)23/h5,8-9,12-14,17,19-20H,4,6-7,10-11,15-16,18H2,1-3H3. The van der Waals surface area contributed by atoms with Gasteiger partial charge in [-0.25, -0.2) is 14.5 Å². The zero-order valence-electron chi connectivity index (χ0n) is 22.2. The van der Waals surface area contributed by atoms with Gasteiger partial charge in [0.2, 0.25) is 0 Å². The fraction of sp³-hybridized carbons (Fsp3) is 0.500. The molecular formula is C28H34N8O2. The number of piperidine rings is 1. The minimum absolute atomic E-state index is 0.205. The van der Waals surface area contributed by atoms with Gasteiger partial charge in [0.15, 0.2) is 11.6 Å². The summed E-state index contributed by atoms with van der Waals surface area (Å²) in [6.07, 6.45) is 11.6. The molecule has 0 radical (unpaired) electrons. The number of ether oxygens (including phenoxy) is 1. The van der Waals surface area contributed by atoms with Gasteiger partial charge in [0.25, 0.3) is 0 Å². The van der Waals surface area contributed by atoms with Crippen molar-refractivity contribution in [3.63, 3.8) is 0 Å². The number of likely N-dealkylation sites (tertiary alicyclic amines) is 1. The largest absolute Gasteiger partial charge is 0.444 e. The molecule has 6 rings (SSSR count). The topological polar surface area (TPSA) is 104 Å². The molecule has 1 saturated heterocycles. The van der Waals surface area contributed by atoms with Crippen molar-refractivity contribution in [2.24, 2.45) is 5.92 Å². The molecule has 4 aromatic heterocycles. The summed E-state index contributed by atoms with van der Waals surface area (Å²) in [4.78, 5) is 28.3. The number of amides is 1. The van der Waals surface area contributed by atoms with Crippen LogP contribution >= 0.6 is 0 Å². The number of fused-ring (bicyclic) bond motifs is 1. The summed E-state index contributed by atoms with van der Waals surface area (Å²) in [6.45, 7) is 6.97. The van der Waals surface area contributed by atoms with Gasteiger partial charge in [-0.05, 0) is 63.8 Å². The first kappa shape index (κ1) is 24.5. The van der Waals surface area contributed by atoms with Crippen LogP contribution in [-0.4, -0.2) is 64.2 Å². The van der Waals surface area contributed by atoms with Gasteiger partial charge in [-0.15, -0.1) is 0 Å². The van der Waals surface area contributed by atoms with Crippen LogP contribution in [-0.2, 0) is 11.2 Å². The van der Waals surface area contributed by atoms with Crippen molar-refractivity contribution in [2.75, 3.05) is 13.1 Å². The molecule has 1 aliphatic carbocycles. The summed E-state index contributed by atoms with van der Waals surface area (Å²) in [5.74, 6) is 2.20. The number of nitrogens with zero attached hydrogens (tertiary/aromatic N) is 8. The lowest BCUT2D eigenvalue weighted by molar-refractivity contribution is 0.0185. The molecule has 10 nitrogen and oxygen atoms in total. The van der Waals surface area contributed by atoms with Crippen molar-refractivity contribution < 1.29 is 9.53 Å². The van der Waals surface area contributed by atoms with Crippen LogP contribution in [0.25, 0.3) is 28.2 Å². The van der Waals surface area contributed by atoms with Crippen molar-refractivity contribution in [1.82, 2.24) is 39.4 Å². The van der Waals surface area contributed by atoms with Crippen molar-refractivity contribution in [3.05, 3.63) is 48.7 Å². The van der Waals surface area contributed by atoms with Crippen LogP contribution in [0.5, 0.6) is 0 Å². The van der Waals surface area contributed by atoms with E-state index in [1.54, 1.807) is 17.3 Å². The molecule has 1 aliphatic heterocycles. The van der Waals surface area contributed by atoms with E-state index in [0.717, 1.165) is 47.5 Å². The third kappa shape index (κ3) is 4.99. The van der Waals surface area contributed by atoms with E-state index in [0.29, 0.717) is 24.8 Å². The van der Waals surface area contributed by atoms with Crippen LogP contribution < -0.4 is 0 Å². The lowest BCUT2D eigenvalue weighted by atomic mass is 9.83. The van der Waals surface area contributed by atoms with Crippen molar-refractivity contribution in [1.29, 1.82) is 0 Å². The number of hydrogen-bond donors (Lipinski definition) is 0. The van der Waals surface area contributed by atoms with Gasteiger partial charge in [-0.1, -0.05) is 19.3 Å². The quantitative estimate of drug-likeness (QED) is 0.370. The minimum Gasteiger partial charge on any atom is -0.444 e. The second-order valence-corrected chi connectivity index (χ2v) is 11.3. The number of pyridine rings is 2. The van der Waals surface area contributed by atoms with Gasteiger partial charge < -0.3 is 9.64 Å². The second-order valence-electron chi connectivity index (χ2n) is 11.3. The predicted octanol–water partition coefficient (Wildman–Crippen LogP) is 4.99. The van der Waals surface area contributed by atoms with E-state index in [2.05, 4.69) is 9.97 Å². The molecule has 1 saturated carbocycles. The Morgan fingerprint density at radius 1 is 1.03 bits per heavy atom.